The van der Waals surface area contributed by atoms with Gasteiger partial charge in [-0.3, -0.25) is 9.79 Å². The van der Waals surface area contributed by atoms with E-state index < -0.39 is 0 Å². The van der Waals surface area contributed by atoms with Gasteiger partial charge in [0, 0.05) is 51.4 Å². The molecule has 3 rings (SSSR count). The third-order valence-electron chi connectivity index (χ3n) is 4.89. The minimum Gasteiger partial charge on any atom is -0.497 e. The van der Waals surface area contributed by atoms with Gasteiger partial charge in [0.15, 0.2) is 5.96 Å². The average molecular weight is 503 g/mol. The number of hydrogen-bond acceptors (Lipinski definition) is 5. The number of carbonyl (C=O) groups is 1. The van der Waals surface area contributed by atoms with Gasteiger partial charge in [0.1, 0.15) is 5.75 Å². The second kappa shape index (κ2) is 10.8. The maximum absolute atomic E-state index is 12.5. The summed E-state index contributed by atoms with van der Waals surface area (Å²) >= 11 is 0. The Kier molecular flexibility index (Phi) is 8.77. The van der Waals surface area contributed by atoms with E-state index in [4.69, 9.17) is 9.47 Å². The number of carbonyl (C=O) groups excluding carboxylic acids is 1. The van der Waals surface area contributed by atoms with Gasteiger partial charge < -0.3 is 29.9 Å². The second-order valence-electron chi connectivity index (χ2n) is 6.96. The van der Waals surface area contributed by atoms with Crippen LogP contribution >= 0.6 is 24.0 Å². The number of ether oxygens (including phenoxy) is 2. The number of benzene rings is 1. The van der Waals surface area contributed by atoms with Gasteiger partial charge in [0.25, 0.3) is 0 Å². The molecule has 0 aromatic heterocycles. The van der Waals surface area contributed by atoms with Crippen LogP contribution in [0.25, 0.3) is 0 Å². The minimum absolute atomic E-state index is 0. The van der Waals surface area contributed by atoms with Crippen LogP contribution < -0.4 is 20.3 Å². The molecule has 156 valence electrons. The number of halogens is 1. The van der Waals surface area contributed by atoms with E-state index >= 15 is 0 Å². The molecule has 28 heavy (non-hydrogen) atoms. The molecule has 2 aliphatic heterocycles. The summed E-state index contributed by atoms with van der Waals surface area (Å²) in [5, 5.41) is 6.66. The number of nitrogens with zero attached hydrogens (tertiary/aromatic N) is 3. The van der Waals surface area contributed by atoms with E-state index in [1.165, 1.54) is 0 Å². The highest BCUT2D eigenvalue weighted by molar-refractivity contribution is 14.0. The topological polar surface area (TPSA) is 78.4 Å². The van der Waals surface area contributed by atoms with Gasteiger partial charge in [-0.25, -0.2) is 0 Å². The lowest BCUT2D eigenvalue weighted by molar-refractivity contribution is -0.117. The summed E-state index contributed by atoms with van der Waals surface area (Å²) in [6.07, 6.45) is 0.571. The zero-order chi connectivity index (χ0) is 19.2. The van der Waals surface area contributed by atoms with Gasteiger partial charge in [-0.2, -0.15) is 0 Å². The number of aliphatic imine (C=N–C) groups is 1. The molecule has 1 aromatic rings. The molecule has 2 heterocycles. The minimum atomic E-state index is 0. The lowest BCUT2D eigenvalue weighted by Gasteiger charge is -2.30. The highest BCUT2D eigenvalue weighted by Gasteiger charge is 2.31. The highest BCUT2D eigenvalue weighted by atomic mass is 127. The van der Waals surface area contributed by atoms with Crippen molar-refractivity contribution in [1.82, 2.24) is 15.5 Å². The van der Waals surface area contributed by atoms with Crippen LogP contribution in [0, 0.1) is 0 Å². The number of methoxy groups -OCH3 is 1. The molecule has 2 aliphatic rings. The molecule has 2 saturated heterocycles. The zero-order valence-corrected chi connectivity index (χ0v) is 19.0. The van der Waals surface area contributed by atoms with Crippen LogP contribution in [-0.4, -0.2) is 82.9 Å². The first kappa shape index (κ1) is 22.7. The van der Waals surface area contributed by atoms with Crippen molar-refractivity contribution in [2.75, 3.05) is 58.9 Å². The smallest absolute Gasteiger partial charge is 0.229 e. The number of hydrogen-bond donors (Lipinski definition) is 2. The molecular weight excluding hydrogens is 473 g/mol. The summed E-state index contributed by atoms with van der Waals surface area (Å²) in [7, 11) is 5.46. The van der Waals surface area contributed by atoms with Crippen LogP contribution in [0.2, 0.25) is 0 Å². The molecule has 1 amide bonds. The summed E-state index contributed by atoms with van der Waals surface area (Å²) in [5.74, 6) is 1.53. The maximum Gasteiger partial charge on any atom is 0.229 e. The van der Waals surface area contributed by atoms with Crippen molar-refractivity contribution >= 4 is 41.5 Å². The molecule has 0 spiro atoms. The van der Waals surface area contributed by atoms with Crippen molar-refractivity contribution in [3.8, 4) is 5.75 Å². The van der Waals surface area contributed by atoms with Crippen molar-refractivity contribution in [2.24, 2.45) is 4.99 Å². The third kappa shape index (κ3) is 5.95. The summed E-state index contributed by atoms with van der Waals surface area (Å²) in [6.45, 7) is 3.89. The fourth-order valence-corrected chi connectivity index (χ4v) is 3.42. The predicted octanol–water partition coefficient (Wildman–Crippen LogP) is 0.914. The van der Waals surface area contributed by atoms with Crippen LogP contribution in [0.1, 0.15) is 6.42 Å². The van der Waals surface area contributed by atoms with Crippen molar-refractivity contribution in [3.05, 3.63) is 24.3 Å². The Bertz CT molecular complexity index is 687. The Morgan fingerprint density at radius 3 is 2.93 bits per heavy atom. The number of morpholine rings is 1. The quantitative estimate of drug-likeness (QED) is 0.354. The molecule has 0 aliphatic carbocycles. The Balaban J connectivity index is 0.00000280. The number of guanidine groups is 1. The van der Waals surface area contributed by atoms with Gasteiger partial charge in [-0.05, 0) is 19.2 Å². The number of rotatable bonds is 5. The summed E-state index contributed by atoms with van der Waals surface area (Å²) in [5.41, 5.74) is 0.852. The standard InChI is InChI=1S/C19H29N5O3.HI/c1-20-19(21-11-17-13-23(2)7-8-27-17)22-14-9-18(25)24(12-14)15-5-4-6-16(10-15)26-3;/h4-6,10,14,17H,7-9,11-13H2,1-3H3,(H2,20,21,22);1H. The maximum atomic E-state index is 12.5. The fourth-order valence-electron chi connectivity index (χ4n) is 3.42. The number of anilines is 1. The van der Waals surface area contributed by atoms with E-state index in [1.807, 2.05) is 24.3 Å². The van der Waals surface area contributed by atoms with E-state index in [1.54, 1.807) is 19.1 Å². The predicted molar refractivity (Wildman–Crippen MR) is 121 cm³/mol. The molecule has 2 fully saturated rings. The summed E-state index contributed by atoms with van der Waals surface area (Å²) < 4.78 is 11.0. The number of amides is 1. The van der Waals surface area contributed by atoms with Crippen LogP contribution in [0.15, 0.2) is 29.3 Å². The lowest BCUT2D eigenvalue weighted by atomic mass is 10.2. The molecule has 1 aromatic carbocycles. The monoisotopic (exact) mass is 503 g/mol. The van der Waals surface area contributed by atoms with Crippen molar-refractivity contribution in [3.63, 3.8) is 0 Å². The van der Waals surface area contributed by atoms with Crippen molar-refractivity contribution in [2.45, 2.75) is 18.6 Å². The first-order chi connectivity index (χ1) is 13.1. The van der Waals surface area contributed by atoms with Gasteiger partial charge in [0.2, 0.25) is 5.91 Å². The summed E-state index contributed by atoms with van der Waals surface area (Å²) in [4.78, 5) is 20.8. The Morgan fingerprint density at radius 2 is 2.21 bits per heavy atom. The molecule has 0 saturated carbocycles. The van der Waals surface area contributed by atoms with Gasteiger partial charge in [0.05, 0.1) is 25.9 Å². The Labute approximate surface area is 183 Å². The zero-order valence-electron chi connectivity index (χ0n) is 16.7. The van der Waals surface area contributed by atoms with Crippen LogP contribution in [0.3, 0.4) is 0 Å². The molecule has 8 nitrogen and oxygen atoms in total. The highest BCUT2D eigenvalue weighted by Crippen LogP contribution is 2.25. The van der Waals surface area contributed by atoms with Crippen LogP contribution in [-0.2, 0) is 9.53 Å². The van der Waals surface area contributed by atoms with Crippen molar-refractivity contribution in [1.29, 1.82) is 0 Å². The Morgan fingerprint density at radius 1 is 1.39 bits per heavy atom. The lowest BCUT2D eigenvalue weighted by Crippen LogP contribution is -2.50. The van der Waals surface area contributed by atoms with Gasteiger partial charge in [-0.15, -0.1) is 24.0 Å². The largest absolute Gasteiger partial charge is 0.497 e. The van der Waals surface area contributed by atoms with Crippen LogP contribution in [0.4, 0.5) is 5.69 Å². The molecule has 2 N–H and O–H groups in total. The number of nitrogens with one attached hydrogen (secondary N) is 2. The van der Waals surface area contributed by atoms with E-state index in [2.05, 4.69) is 27.6 Å². The third-order valence-corrected chi connectivity index (χ3v) is 4.89. The van der Waals surface area contributed by atoms with E-state index in [0.717, 1.165) is 31.1 Å². The molecule has 0 radical (unpaired) electrons. The summed E-state index contributed by atoms with van der Waals surface area (Å²) in [6, 6.07) is 7.57. The number of likely N-dealkylation sites (N-methyl/N-ethyl adjacent to an activating group) is 1. The van der Waals surface area contributed by atoms with Gasteiger partial charge in [-0.1, -0.05) is 6.07 Å². The normalized spacial score (nSPS) is 23.3. The molecular formula is C19H30IN5O3. The molecule has 2 atom stereocenters. The fraction of sp³-hybridized carbons (Fsp3) is 0.579. The molecule has 2 unspecified atom stereocenters. The van der Waals surface area contributed by atoms with E-state index in [-0.39, 0.29) is 42.0 Å². The molecule has 9 heteroatoms. The first-order valence-corrected chi connectivity index (χ1v) is 9.30. The van der Waals surface area contributed by atoms with E-state index in [0.29, 0.717) is 25.5 Å². The average Bonchev–Trinajstić information content (AvgIpc) is 3.05. The second-order valence-corrected chi connectivity index (χ2v) is 6.96. The van der Waals surface area contributed by atoms with Crippen LogP contribution in [0.5, 0.6) is 5.75 Å². The Hall–Kier alpha value is -1.59. The SMILES string of the molecule is CN=C(NCC1CN(C)CCO1)NC1CC(=O)N(c2cccc(OC)c2)C1.I. The van der Waals surface area contributed by atoms with E-state index in [9.17, 15) is 4.79 Å². The van der Waals surface area contributed by atoms with Gasteiger partial charge >= 0.3 is 0 Å². The van der Waals surface area contributed by atoms with Crippen molar-refractivity contribution < 1.29 is 14.3 Å². The molecule has 0 bridgehead atoms. The first-order valence-electron chi connectivity index (χ1n) is 9.30.